The quantitative estimate of drug-likeness (QED) is 0.428. The lowest BCUT2D eigenvalue weighted by atomic mass is 10.2. The van der Waals surface area contributed by atoms with Gasteiger partial charge in [-0.25, -0.2) is 18.4 Å². The van der Waals surface area contributed by atoms with Gasteiger partial charge in [0.25, 0.3) is 11.7 Å². The third-order valence-electron chi connectivity index (χ3n) is 5.36. The lowest BCUT2D eigenvalue weighted by molar-refractivity contribution is -0.144. The van der Waals surface area contributed by atoms with Crippen LogP contribution in [0.25, 0.3) is 5.82 Å². The second-order valence-electron chi connectivity index (χ2n) is 8.51. The Hall–Kier alpha value is -3.17. The smallest absolute Gasteiger partial charge is 0.342 e. The number of pyridine rings is 1. The first-order valence-electron chi connectivity index (χ1n) is 10.9. The fourth-order valence-corrected chi connectivity index (χ4v) is 4.30. The van der Waals surface area contributed by atoms with Gasteiger partial charge in [0.15, 0.2) is 21.5 Å². The van der Waals surface area contributed by atoms with Gasteiger partial charge in [-0.15, -0.1) is 5.10 Å². The molecule has 4 rings (SSSR count). The van der Waals surface area contributed by atoms with Crippen molar-refractivity contribution in [3.8, 4) is 5.82 Å². The van der Waals surface area contributed by atoms with Crippen molar-refractivity contribution in [2.75, 3.05) is 11.6 Å². The highest BCUT2D eigenvalue weighted by Gasteiger charge is 2.38. The zero-order valence-electron chi connectivity index (χ0n) is 19.9. The predicted octanol–water partition coefficient (Wildman–Crippen LogP) is 3.69. The van der Waals surface area contributed by atoms with Gasteiger partial charge in [0.05, 0.1) is 22.8 Å². The molecule has 1 aromatic carbocycles. The van der Waals surface area contributed by atoms with E-state index in [0.29, 0.717) is 5.69 Å². The summed E-state index contributed by atoms with van der Waals surface area (Å²) in [6.45, 7) is 1.38. The molecular formula is C22H22ClF3N6O4S2. The third-order valence-corrected chi connectivity index (χ3v) is 6.67. The fourth-order valence-electron chi connectivity index (χ4n) is 3.32. The van der Waals surface area contributed by atoms with Gasteiger partial charge < -0.3 is 10.6 Å². The molecule has 2 aromatic heterocycles. The number of rotatable bonds is 7. The Morgan fingerprint density at radius 3 is 2.42 bits per heavy atom. The van der Waals surface area contributed by atoms with Gasteiger partial charge in [-0.1, -0.05) is 11.6 Å². The number of nitrogens with one attached hydrogen (secondary N) is 2. The molecule has 1 atom stereocenters. The van der Waals surface area contributed by atoms with Crippen molar-refractivity contribution in [1.29, 1.82) is 0 Å². The molecular weight excluding hydrogens is 569 g/mol. The molecule has 1 aliphatic carbocycles. The first-order chi connectivity index (χ1) is 17.2. The van der Waals surface area contributed by atoms with Gasteiger partial charge in [-0.05, 0) is 50.1 Å². The number of amides is 2. The monoisotopic (exact) mass is 590 g/mol. The number of alkyl halides is 3. The molecule has 1 fully saturated rings. The summed E-state index contributed by atoms with van der Waals surface area (Å²) in [5.74, 6) is -2.77. The minimum atomic E-state index is -4.88. The molecule has 2 amide bonds. The Balaban J connectivity index is 0.00000400. The van der Waals surface area contributed by atoms with E-state index in [4.69, 9.17) is 11.6 Å². The molecule has 0 radical (unpaired) electrons. The fraction of sp³-hybridized carbons (Fsp3) is 0.318. The number of benzene rings is 1. The van der Waals surface area contributed by atoms with Crippen molar-refractivity contribution in [2.24, 2.45) is 5.92 Å². The van der Waals surface area contributed by atoms with Crippen molar-refractivity contribution in [1.82, 2.24) is 25.1 Å². The maximum atomic E-state index is 13.4. The number of nitrogens with zero attached hydrogens (tertiary/aromatic N) is 4. The average molecular weight is 591 g/mol. The summed E-state index contributed by atoms with van der Waals surface area (Å²) < 4.78 is 64.8. The zero-order valence-corrected chi connectivity index (χ0v) is 22.4. The molecule has 2 heterocycles. The van der Waals surface area contributed by atoms with Crippen molar-refractivity contribution < 1.29 is 31.2 Å². The Bertz CT molecular complexity index is 1480. The third kappa shape index (κ3) is 6.82. The molecule has 2 N–H and O–H groups in total. The van der Waals surface area contributed by atoms with Crippen LogP contribution in [0.5, 0.6) is 0 Å². The summed E-state index contributed by atoms with van der Waals surface area (Å²) >= 11 is 5.95. The average Bonchev–Trinajstić information content (AvgIpc) is 3.55. The van der Waals surface area contributed by atoms with Crippen LogP contribution in [0.15, 0.2) is 41.4 Å². The number of carbonyl (C=O) groups is 2. The SMILES string of the molecule is C[C@@H](NC(=O)c1cc(Cl)cc(S(C)(=O)=O)c1)c1nc(C(F)(F)F)nn1-c1ccc(NC(=O)C2CC2)cn1.S. The Kier molecular flexibility index (Phi) is 8.43. The van der Waals surface area contributed by atoms with Crippen LogP contribution in [0.3, 0.4) is 0 Å². The molecule has 16 heteroatoms. The molecule has 0 unspecified atom stereocenters. The van der Waals surface area contributed by atoms with E-state index in [9.17, 15) is 31.2 Å². The van der Waals surface area contributed by atoms with E-state index in [0.717, 1.165) is 29.8 Å². The van der Waals surface area contributed by atoms with Crippen molar-refractivity contribution in [2.45, 2.75) is 36.9 Å². The van der Waals surface area contributed by atoms with Crippen LogP contribution < -0.4 is 10.6 Å². The van der Waals surface area contributed by atoms with Gasteiger partial charge in [0.1, 0.15) is 0 Å². The second kappa shape index (κ2) is 10.9. The van der Waals surface area contributed by atoms with E-state index in [2.05, 4.69) is 25.7 Å². The summed E-state index contributed by atoms with van der Waals surface area (Å²) in [5, 5.41) is 8.67. The van der Waals surface area contributed by atoms with E-state index >= 15 is 0 Å². The molecule has 0 bridgehead atoms. The van der Waals surface area contributed by atoms with E-state index in [1.165, 1.54) is 37.4 Å². The van der Waals surface area contributed by atoms with Crippen LogP contribution in [0.4, 0.5) is 18.9 Å². The molecule has 10 nitrogen and oxygen atoms in total. The van der Waals surface area contributed by atoms with Crippen molar-refractivity contribution in [3.63, 3.8) is 0 Å². The minimum Gasteiger partial charge on any atom is -0.342 e. The number of carbonyl (C=O) groups excluding carboxylic acids is 2. The second-order valence-corrected chi connectivity index (χ2v) is 11.0. The van der Waals surface area contributed by atoms with Gasteiger partial charge in [-0.2, -0.15) is 31.3 Å². The lowest BCUT2D eigenvalue weighted by Gasteiger charge is -2.15. The van der Waals surface area contributed by atoms with Crippen LogP contribution in [-0.4, -0.2) is 46.2 Å². The van der Waals surface area contributed by atoms with E-state index in [1.807, 2.05) is 0 Å². The molecule has 204 valence electrons. The summed E-state index contributed by atoms with van der Waals surface area (Å²) in [5.41, 5.74) is 0.248. The minimum absolute atomic E-state index is 0. The molecule has 1 saturated carbocycles. The molecule has 0 aliphatic heterocycles. The van der Waals surface area contributed by atoms with E-state index in [-0.39, 0.29) is 52.4 Å². The molecule has 38 heavy (non-hydrogen) atoms. The largest absolute Gasteiger partial charge is 0.453 e. The number of aromatic nitrogens is 4. The maximum Gasteiger partial charge on any atom is 0.453 e. The standard InChI is InChI=1S/C22H20ClF3N6O4S.H2S/c1-11(28-20(34)13-7-14(23)9-16(8-13)37(2,35)36)18-30-21(22(24,25)26)31-32(18)17-6-5-15(10-27-17)29-19(33)12-3-4-12;/h5-12H,3-4H2,1-2H3,(H,28,34)(H,29,33);1H2/t11-;/m1./s1. The number of hydrogen-bond acceptors (Lipinski definition) is 7. The molecule has 1 aliphatic rings. The van der Waals surface area contributed by atoms with Crippen LogP contribution >= 0.6 is 25.1 Å². The first-order valence-corrected chi connectivity index (χ1v) is 13.1. The Morgan fingerprint density at radius 2 is 1.87 bits per heavy atom. The maximum absolute atomic E-state index is 13.4. The zero-order chi connectivity index (χ0) is 27.1. The summed E-state index contributed by atoms with van der Waals surface area (Å²) in [4.78, 5) is 32.2. The van der Waals surface area contributed by atoms with Crippen molar-refractivity contribution in [3.05, 3.63) is 58.8 Å². The van der Waals surface area contributed by atoms with Crippen molar-refractivity contribution >= 4 is 52.4 Å². The highest BCUT2D eigenvalue weighted by Crippen LogP contribution is 2.31. The summed E-state index contributed by atoms with van der Waals surface area (Å²) in [6, 6.07) is 5.19. The summed E-state index contributed by atoms with van der Waals surface area (Å²) in [7, 11) is -3.68. The predicted molar refractivity (Wildman–Crippen MR) is 136 cm³/mol. The van der Waals surface area contributed by atoms with Crippen LogP contribution in [-0.2, 0) is 20.8 Å². The van der Waals surface area contributed by atoms with Gasteiger partial charge in [-0.3, -0.25) is 9.59 Å². The molecule has 0 spiro atoms. The van der Waals surface area contributed by atoms with Gasteiger partial charge in [0.2, 0.25) is 5.91 Å². The highest BCUT2D eigenvalue weighted by atomic mass is 35.5. The Morgan fingerprint density at radius 1 is 1.18 bits per heavy atom. The van der Waals surface area contributed by atoms with Crippen LogP contribution in [0.1, 0.15) is 47.8 Å². The van der Waals surface area contributed by atoms with E-state index in [1.54, 1.807) is 0 Å². The topological polar surface area (TPSA) is 136 Å². The van der Waals surface area contributed by atoms with E-state index < -0.39 is 33.8 Å². The molecule has 3 aromatic rings. The number of sulfone groups is 1. The summed E-state index contributed by atoms with van der Waals surface area (Å²) in [6.07, 6.45) is -1.06. The highest BCUT2D eigenvalue weighted by molar-refractivity contribution is 7.90. The lowest BCUT2D eigenvalue weighted by Crippen LogP contribution is -2.29. The number of halogens is 4. The molecule has 0 saturated heterocycles. The van der Waals surface area contributed by atoms with Crippen LogP contribution in [0, 0.1) is 5.92 Å². The number of hydrogen-bond donors (Lipinski definition) is 2. The van der Waals surface area contributed by atoms with Gasteiger partial charge >= 0.3 is 6.18 Å². The Labute approximate surface area is 227 Å². The van der Waals surface area contributed by atoms with Crippen LogP contribution in [0.2, 0.25) is 5.02 Å². The number of anilines is 1. The normalized spacial score (nSPS) is 14.4. The van der Waals surface area contributed by atoms with Gasteiger partial charge in [0, 0.05) is 22.8 Å². The first kappa shape index (κ1) is 29.4.